The molecule has 0 bridgehead atoms. The predicted octanol–water partition coefficient (Wildman–Crippen LogP) is 3.25. The number of imidazole rings is 1. The zero-order valence-electron chi connectivity index (χ0n) is 21.0. The molecule has 2 aromatic heterocycles. The summed E-state index contributed by atoms with van der Waals surface area (Å²) in [4.78, 5) is 31.1. The molecule has 3 aromatic rings. The monoisotopic (exact) mass is 477 g/mol. The number of rotatable bonds is 6. The van der Waals surface area contributed by atoms with E-state index in [2.05, 4.69) is 15.2 Å². The first-order valence-corrected chi connectivity index (χ1v) is 11.7. The van der Waals surface area contributed by atoms with Crippen molar-refractivity contribution in [3.63, 3.8) is 0 Å². The van der Waals surface area contributed by atoms with Gasteiger partial charge in [0, 0.05) is 45.1 Å². The topological polar surface area (TPSA) is 97.6 Å². The van der Waals surface area contributed by atoms with E-state index in [1.165, 1.54) is 0 Å². The second kappa shape index (κ2) is 8.53. The van der Waals surface area contributed by atoms with Crippen LogP contribution in [-0.4, -0.2) is 64.9 Å². The Labute approximate surface area is 204 Å². The van der Waals surface area contributed by atoms with Crippen LogP contribution in [0, 0.1) is 6.92 Å². The molecule has 2 atom stereocenters. The van der Waals surface area contributed by atoms with Crippen LogP contribution < -0.4 is 19.9 Å². The number of aryl methyl sites for hydroxylation is 2. The number of hydrogen-bond acceptors (Lipinski definition) is 8. The van der Waals surface area contributed by atoms with E-state index < -0.39 is 5.54 Å². The van der Waals surface area contributed by atoms with E-state index in [4.69, 9.17) is 19.4 Å². The van der Waals surface area contributed by atoms with Crippen LogP contribution in [0.15, 0.2) is 30.7 Å². The first kappa shape index (κ1) is 23.1. The summed E-state index contributed by atoms with van der Waals surface area (Å²) in [5.41, 5.74) is 3.49. The minimum absolute atomic E-state index is 0.0385. The number of benzene rings is 1. The molecule has 35 heavy (non-hydrogen) atoms. The lowest BCUT2D eigenvalue weighted by Crippen LogP contribution is -2.58. The zero-order valence-corrected chi connectivity index (χ0v) is 21.0. The Bertz CT molecular complexity index is 1290. The third-order valence-corrected chi connectivity index (χ3v) is 7.00. The number of carbonyl (C=O) groups excluding carboxylic acids is 1. The lowest BCUT2D eigenvalue weighted by Gasteiger charge is -2.44. The van der Waals surface area contributed by atoms with Gasteiger partial charge in [-0.15, -0.1) is 0 Å². The molecule has 184 valence electrons. The quantitative estimate of drug-likeness (QED) is 0.578. The van der Waals surface area contributed by atoms with Gasteiger partial charge in [0.2, 0.25) is 5.95 Å². The van der Waals surface area contributed by atoms with Crippen LogP contribution in [0.25, 0.3) is 5.69 Å². The number of nitrogens with one attached hydrogen (secondary N) is 1. The van der Waals surface area contributed by atoms with Gasteiger partial charge in [0.15, 0.2) is 5.82 Å². The highest BCUT2D eigenvalue weighted by atomic mass is 16.5. The van der Waals surface area contributed by atoms with E-state index in [0.717, 1.165) is 34.3 Å². The second-order valence-electron chi connectivity index (χ2n) is 9.26. The number of carbonyl (C=O) groups is 1. The molecule has 2 aliphatic rings. The molecule has 1 fully saturated rings. The van der Waals surface area contributed by atoms with E-state index >= 15 is 0 Å². The average Bonchev–Trinajstić information content (AvgIpc) is 3.45. The normalized spacial score (nSPS) is 21.2. The smallest absolute Gasteiger partial charge is 0.252 e. The van der Waals surface area contributed by atoms with Crippen LogP contribution in [0.5, 0.6) is 5.75 Å². The Hall–Kier alpha value is -3.66. The number of anilines is 4. The van der Waals surface area contributed by atoms with E-state index in [1.54, 1.807) is 32.5 Å². The van der Waals surface area contributed by atoms with Gasteiger partial charge in [0.05, 0.1) is 36.6 Å². The summed E-state index contributed by atoms with van der Waals surface area (Å²) in [5.74, 6) is 1.96. The van der Waals surface area contributed by atoms with Crippen molar-refractivity contribution in [1.82, 2.24) is 19.5 Å². The van der Waals surface area contributed by atoms with Gasteiger partial charge in [-0.3, -0.25) is 4.79 Å². The molecule has 2 aliphatic heterocycles. The molecule has 10 heteroatoms. The molecular weight excluding hydrogens is 446 g/mol. The van der Waals surface area contributed by atoms with Crippen LogP contribution in [0.3, 0.4) is 0 Å². The van der Waals surface area contributed by atoms with E-state index in [-0.39, 0.29) is 12.0 Å². The van der Waals surface area contributed by atoms with Gasteiger partial charge >= 0.3 is 0 Å². The van der Waals surface area contributed by atoms with Crippen molar-refractivity contribution in [3.8, 4) is 11.4 Å². The SMILES string of the molecule is CCc1nc(Nc2ccc(-n3cnc(C)c3)c(OC)c2)nc2c1N(C)C(=O)[C@@]1(C)C[C@@H](OC)CN21. The van der Waals surface area contributed by atoms with Crippen molar-refractivity contribution in [2.24, 2.45) is 0 Å². The highest BCUT2D eigenvalue weighted by molar-refractivity contribution is 6.08. The Balaban J connectivity index is 1.54. The standard InChI is InChI=1S/C25H31N7O3/c1-7-18-21-22(32-13-17(34-5)11-25(32,3)23(33)30(21)4)29-24(28-18)27-16-8-9-19(20(10-16)35-6)31-12-15(2)26-14-31/h8-10,12,14,17H,7,11,13H2,1-6H3,(H,27,28,29)/t17-,25-/m1/s1. The van der Waals surface area contributed by atoms with Crippen molar-refractivity contribution in [2.45, 2.75) is 45.3 Å². The lowest BCUT2D eigenvalue weighted by molar-refractivity contribution is -0.123. The van der Waals surface area contributed by atoms with Crippen molar-refractivity contribution in [2.75, 3.05) is 42.9 Å². The van der Waals surface area contributed by atoms with Gasteiger partial charge in [-0.2, -0.15) is 4.98 Å². The fourth-order valence-electron chi connectivity index (χ4n) is 5.14. The maximum Gasteiger partial charge on any atom is 0.252 e. The van der Waals surface area contributed by atoms with Crippen LogP contribution in [0.4, 0.5) is 23.1 Å². The van der Waals surface area contributed by atoms with Crippen LogP contribution in [0.1, 0.15) is 31.7 Å². The van der Waals surface area contributed by atoms with Crippen molar-refractivity contribution in [3.05, 3.63) is 42.1 Å². The summed E-state index contributed by atoms with van der Waals surface area (Å²) in [5, 5.41) is 3.34. The summed E-state index contributed by atoms with van der Waals surface area (Å²) in [6.45, 7) is 6.55. The lowest BCUT2D eigenvalue weighted by atomic mass is 9.93. The molecule has 0 spiro atoms. The molecule has 1 amide bonds. The van der Waals surface area contributed by atoms with Gasteiger partial charge in [0.1, 0.15) is 17.0 Å². The molecule has 1 aromatic carbocycles. The number of ether oxygens (including phenoxy) is 2. The van der Waals surface area contributed by atoms with Gasteiger partial charge in [-0.1, -0.05) is 6.92 Å². The molecule has 5 rings (SSSR count). The molecular formula is C25H31N7O3. The fourth-order valence-corrected chi connectivity index (χ4v) is 5.14. The summed E-state index contributed by atoms with van der Waals surface area (Å²) in [7, 11) is 5.14. The molecule has 10 nitrogen and oxygen atoms in total. The first-order chi connectivity index (χ1) is 16.8. The third kappa shape index (κ3) is 3.68. The average molecular weight is 478 g/mol. The number of methoxy groups -OCH3 is 2. The summed E-state index contributed by atoms with van der Waals surface area (Å²) >= 11 is 0. The van der Waals surface area contributed by atoms with Gasteiger partial charge in [-0.05, 0) is 32.4 Å². The maximum absolute atomic E-state index is 13.4. The highest BCUT2D eigenvalue weighted by Crippen LogP contribution is 2.46. The molecule has 0 aliphatic carbocycles. The first-order valence-electron chi connectivity index (χ1n) is 11.7. The van der Waals surface area contributed by atoms with Crippen LogP contribution in [0.2, 0.25) is 0 Å². The summed E-state index contributed by atoms with van der Waals surface area (Å²) in [6.07, 6.45) is 4.95. The number of fused-ring (bicyclic) bond motifs is 3. The minimum atomic E-state index is -0.702. The molecule has 0 radical (unpaired) electrons. The van der Waals surface area contributed by atoms with Crippen LogP contribution in [-0.2, 0) is 16.0 Å². The van der Waals surface area contributed by atoms with Crippen LogP contribution >= 0.6 is 0 Å². The molecule has 1 saturated heterocycles. The van der Waals surface area contributed by atoms with Gasteiger partial charge in [0.25, 0.3) is 5.91 Å². The maximum atomic E-state index is 13.4. The number of likely N-dealkylation sites (N-methyl/N-ethyl adjacent to an activating group) is 1. The number of aromatic nitrogens is 4. The molecule has 0 unspecified atom stereocenters. The fraction of sp³-hybridized carbons (Fsp3) is 0.440. The minimum Gasteiger partial charge on any atom is -0.494 e. The number of hydrogen-bond donors (Lipinski definition) is 1. The van der Waals surface area contributed by atoms with Gasteiger partial charge < -0.3 is 29.2 Å². The highest BCUT2D eigenvalue weighted by Gasteiger charge is 2.54. The molecule has 0 saturated carbocycles. The Morgan fingerprint density at radius 3 is 2.71 bits per heavy atom. The largest absolute Gasteiger partial charge is 0.494 e. The Kier molecular flexibility index (Phi) is 5.63. The van der Waals surface area contributed by atoms with Gasteiger partial charge in [-0.25, -0.2) is 9.97 Å². The zero-order chi connectivity index (χ0) is 24.9. The van der Waals surface area contributed by atoms with E-state index in [0.29, 0.717) is 31.1 Å². The number of amides is 1. The van der Waals surface area contributed by atoms with Crippen molar-refractivity contribution in [1.29, 1.82) is 0 Å². The summed E-state index contributed by atoms with van der Waals surface area (Å²) < 4.78 is 13.2. The van der Waals surface area contributed by atoms with Crippen molar-refractivity contribution < 1.29 is 14.3 Å². The summed E-state index contributed by atoms with van der Waals surface area (Å²) in [6, 6.07) is 5.84. The molecule has 4 heterocycles. The number of nitrogens with zero attached hydrogens (tertiary/aromatic N) is 6. The Morgan fingerprint density at radius 1 is 1.26 bits per heavy atom. The predicted molar refractivity (Wildman–Crippen MR) is 134 cm³/mol. The third-order valence-electron chi connectivity index (χ3n) is 7.00. The second-order valence-corrected chi connectivity index (χ2v) is 9.26. The van der Waals surface area contributed by atoms with Crippen molar-refractivity contribution >= 4 is 29.0 Å². The van der Waals surface area contributed by atoms with E-state index in [1.807, 2.05) is 49.7 Å². The Morgan fingerprint density at radius 2 is 2.06 bits per heavy atom. The van der Waals surface area contributed by atoms with E-state index in [9.17, 15) is 4.79 Å². The molecule has 1 N–H and O–H groups in total.